The first-order valence-corrected chi connectivity index (χ1v) is 7.59. The highest BCUT2D eigenvalue weighted by molar-refractivity contribution is 7.89. The molecule has 0 bridgehead atoms. The molecule has 0 heterocycles. The van der Waals surface area contributed by atoms with Gasteiger partial charge in [-0.1, -0.05) is 11.6 Å². The van der Waals surface area contributed by atoms with Crippen LogP contribution in [0.15, 0.2) is 23.1 Å². The summed E-state index contributed by atoms with van der Waals surface area (Å²) in [7, 11) is -3.67. The second kappa shape index (κ2) is 5.10. The van der Waals surface area contributed by atoms with Crippen LogP contribution in [0, 0.1) is 16.7 Å². The topological polar surface area (TPSA) is 90.2 Å². The zero-order valence-electron chi connectivity index (χ0n) is 10.1. The van der Waals surface area contributed by atoms with Gasteiger partial charge in [-0.3, -0.25) is 0 Å². The largest absolute Gasteiger partial charge is 0.396 e. The van der Waals surface area contributed by atoms with E-state index >= 15 is 0 Å². The van der Waals surface area contributed by atoms with Crippen molar-refractivity contribution in [2.45, 2.75) is 17.7 Å². The summed E-state index contributed by atoms with van der Waals surface area (Å²) >= 11 is 5.81. The molecule has 1 saturated carbocycles. The Bertz CT molecular complexity index is 633. The van der Waals surface area contributed by atoms with Gasteiger partial charge in [0.15, 0.2) is 0 Å². The minimum absolute atomic E-state index is 0.0187. The molecule has 0 radical (unpaired) electrons. The molecule has 0 amide bonds. The van der Waals surface area contributed by atoms with Gasteiger partial charge in [0, 0.05) is 18.6 Å². The van der Waals surface area contributed by atoms with Crippen molar-refractivity contribution in [1.29, 1.82) is 5.26 Å². The fourth-order valence-electron chi connectivity index (χ4n) is 1.65. The number of nitriles is 1. The Morgan fingerprint density at radius 3 is 2.63 bits per heavy atom. The molecule has 1 aromatic carbocycles. The summed E-state index contributed by atoms with van der Waals surface area (Å²) in [6.07, 6.45) is 1.64. The highest BCUT2D eigenvalue weighted by Gasteiger charge is 2.42. The van der Waals surface area contributed by atoms with Gasteiger partial charge in [0.2, 0.25) is 10.0 Å². The van der Waals surface area contributed by atoms with Crippen LogP contribution in [0.3, 0.4) is 0 Å². The molecule has 0 atom stereocenters. The van der Waals surface area contributed by atoms with E-state index in [1.54, 1.807) is 0 Å². The zero-order valence-corrected chi connectivity index (χ0v) is 11.6. The predicted octanol–water partition coefficient (Wildman–Crippen LogP) is 1.26. The van der Waals surface area contributed by atoms with E-state index in [2.05, 4.69) is 4.72 Å². The van der Waals surface area contributed by atoms with Gasteiger partial charge in [-0.2, -0.15) is 5.26 Å². The number of hydrogen-bond acceptors (Lipinski definition) is 4. The average Bonchev–Trinajstić information content (AvgIpc) is 3.17. The van der Waals surface area contributed by atoms with Crippen molar-refractivity contribution in [3.63, 3.8) is 0 Å². The molecule has 7 heteroatoms. The van der Waals surface area contributed by atoms with E-state index in [-0.39, 0.29) is 34.0 Å². The quantitative estimate of drug-likeness (QED) is 0.856. The molecule has 0 saturated heterocycles. The van der Waals surface area contributed by atoms with Crippen molar-refractivity contribution < 1.29 is 13.5 Å². The number of nitrogens with zero attached hydrogens (tertiary/aromatic N) is 1. The Morgan fingerprint density at radius 1 is 1.47 bits per heavy atom. The van der Waals surface area contributed by atoms with Crippen LogP contribution < -0.4 is 4.72 Å². The summed E-state index contributed by atoms with van der Waals surface area (Å²) in [4.78, 5) is 0.0187. The van der Waals surface area contributed by atoms with Crippen molar-refractivity contribution >= 4 is 21.6 Å². The summed E-state index contributed by atoms with van der Waals surface area (Å²) in [6.45, 7) is 0.188. The van der Waals surface area contributed by atoms with Crippen LogP contribution in [0.2, 0.25) is 5.02 Å². The van der Waals surface area contributed by atoms with E-state index in [4.69, 9.17) is 22.0 Å². The second-order valence-corrected chi connectivity index (χ2v) is 6.91. The third kappa shape index (κ3) is 3.07. The van der Waals surface area contributed by atoms with Crippen LogP contribution in [0.5, 0.6) is 0 Å². The lowest BCUT2D eigenvalue weighted by atomic mass is 10.1. The minimum Gasteiger partial charge on any atom is -0.396 e. The Balaban J connectivity index is 2.16. The number of rotatable bonds is 5. The molecule has 2 N–H and O–H groups in total. The van der Waals surface area contributed by atoms with Crippen LogP contribution in [0.25, 0.3) is 0 Å². The van der Waals surface area contributed by atoms with E-state index in [0.717, 1.165) is 12.8 Å². The number of benzene rings is 1. The van der Waals surface area contributed by atoms with Gasteiger partial charge in [-0.25, -0.2) is 13.1 Å². The third-order valence-corrected chi connectivity index (χ3v) is 5.01. The lowest BCUT2D eigenvalue weighted by molar-refractivity contribution is 0.213. The molecular weight excluding hydrogens is 288 g/mol. The molecule has 1 fully saturated rings. The van der Waals surface area contributed by atoms with Gasteiger partial charge in [-0.05, 0) is 31.0 Å². The third-order valence-electron chi connectivity index (χ3n) is 3.30. The SMILES string of the molecule is N#Cc1ccc(S(=O)(=O)NCC2(CO)CC2)cc1Cl. The Kier molecular flexibility index (Phi) is 3.83. The zero-order chi connectivity index (χ0) is 14.1. The lowest BCUT2D eigenvalue weighted by Crippen LogP contribution is -2.31. The molecule has 2 rings (SSSR count). The summed E-state index contributed by atoms with van der Waals surface area (Å²) in [5.41, 5.74) is -0.0710. The van der Waals surface area contributed by atoms with Crippen LogP contribution in [-0.4, -0.2) is 26.7 Å². The van der Waals surface area contributed by atoms with E-state index in [1.165, 1.54) is 18.2 Å². The number of hydrogen-bond donors (Lipinski definition) is 2. The normalized spacial score (nSPS) is 16.9. The number of aliphatic hydroxyl groups is 1. The molecule has 0 aromatic heterocycles. The molecular formula is C12H13ClN2O3S. The van der Waals surface area contributed by atoms with Crippen LogP contribution in [0.4, 0.5) is 0 Å². The Morgan fingerprint density at radius 2 is 2.16 bits per heavy atom. The Hall–Kier alpha value is -1.13. The van der Waals surface area contributed by atoms with Gasteiger partial charge >= 0.3 is 0 Å². The first-order chi connectivity index (χ1) is 8.92. The van der Waals surface area contributed by atoms with Crippen LogP contribution in [-0.2, 0) is 10.0 Å². The molecule has 0 unspecified atom stereocenters. The molecule has 5 nitrogen and oxygen atoms in total. The summed E-state index contributed by atoms with van der Waals surface area (Å²) in [6, 6.07) is 5.83. The average molecular weight is 301 g/mol. The first kappa shape index (κ1) is 14.3. The first-order valence-electron chi connectivity index (χ1n) is 5.73. The van der Waals surface area contributed by atoms with E-state index in [1.807, 2.05) is 6.07 Å². The predicted molar refractivity (Wildman–Crippen MR) is 70.1 cm³/mol. The highest BCUT2D eigenvalue weighted by atomic mass is 35.5. The van der Waals surface area contributed by atoms with Crippen molar-refractivity contribution in [2.75, 3.05) is 13.2 Å². The molecule has 1 aliphatic rings. The van der Waals surface area contributed by atoms with E-state index in [9.17, 15) is 8.42 Å². The summed E-state index contributed by atoms with van der Waals surface area (Å²) in [5.74, 6) is 0. The molecule has 1 aliphatic carbocycles. The van der Waals surface area contributed by atoms with Crippen LogP contribution in [0.1, 0.15) is 18.4 Å². The molecule has 1 aromatic rings. The fourth-order valence-corrected chi connectivity index (χ4v) is 3.12. The highest BCUT2D eigenvalue weighted by Crippen LogP contribution is 2.44. The minimum atomic E-state index is -3.67. The number of nitrogens with one attached hydrogen (secondary N) is 1. The van der Waals surface area contributed by atoms with E-state index < -0.39 is 10.0 Å². The van der Waals surface area contributed by atoms with Gasteiger partial charge in [-0.15, -0.1) is 0 Å². The maximum absolute atomic E-state index is 12.0. The standard InChI is InChI=1S/C12H13ClN2O3S/c13-11-5-10(2-1-9(11)6-14)19(17,18)15-7-12(8-16)3-4-12/h1-2,5,15-16H,3-4,7-8H2. The van der Waals surface area contributed by atoms with Crippen molar-refractivity contribution in [3.8, 4) is 6.07 Å². The molecule has 102 valence electrons. The van der Waals surface area contributed by atoms with Crippen molar-refractivity contribution in [1.82, 2.24) is 4.72 Å². The monoisotopic (exact) mass is 300 g/mol. The smallest absolute Gasteiger partial charge is 0.240 e. The number of sulfonamides is 1. The molecule has 0 spiro atoms. The lowest BCUT2D eigenvalue weighted by Gasteiger charge is -2.13. The maximum Gasteiger partial charge on any atom is 0.240 e. The number of halogens is 1. The van der Waals surface area contributed by atoms with E-state index in [0.29, 0.717) is 0 Å². The second-order valence-electron chi connectivity index (χ2n) is 4.74. The van der Waals surface area contributed by atoms with Gasteiger partial charge in [0.25, 0.3) is 0 Å². The molecule has 19 heavy (non-hydrogen) atoms. The van der Waals surface area contributed by atoms with Gasteiger partial charge < -0.3 is 5.11 Å². The summed E-state index contributed by atoms with van der Waals surface area (Å²) < 4.78 is 26.5. The summed E-state index contributed by atoms with van der Waals surface area (Å²) in [5, 5.41) is 18.0. The maximum atomic E-state index is 12.0. The van der Waals surface area contributed by atoms with Gasteiger partial charge in [0.1, 0.15) is 6.07 Å². The van der Waals surface area contributed by atoms with Crippen molar-refractivity contribution in [3.05, 3.63) is 28.8 Å². The fraction of sp³-hybridized carbons (Fsp3) is 0.417. The van der Waals surface area contributed by atoms with Crippen LogP contribution >= 0.6 is 11.6 Å². The molecule has 0 aliphatic heterocycles. The van der Waals surface area contributed by atoms with Crippen molar-refractivity contribution in [2.24, 2.45) is 5.41 Å². The number of aliphatic hydroxyl groups excluding tert-OH is 1. The Labute approximate surface area is 116 Å². The van der Waals surface area contributed by atoms with Gasteiger partial charge in [0.05, 0.1) is 15.5 Å².